The lowest BCUT2D eigenvalue weighted by Gasteiger charge is -2.38. The van der Waals surface area contributed by atoms with Crippen molar-refractivity contribution in [3.05, 3.63) is 24.1 Å². The molecule has 0 heterocycles. The van der Waals surface area contributed by atoms with Crippen molar-refractivity contribution in [1.82, 2.24) is 0 Å². The molecule has 0 aromatic heterocycles. The third-order valence-corrected chi connectivity index (χ3v) is 6.37. The van der Waals surface area contributed by atoms with Crippen LogP contribution in [0.25, 0.3) is 0 Å². The van der Waals surface area contributed by atoms with E-state index in [1.165, 1.54) is 82.8 Å². The summed E-state index contributed by atoms with van der Waals surface area (Å²) in [5.74, 6) is 3.17. The van der Waals surface area contributed by atoms with Crippen molar-refractivity contribution >= 4 is 0 Å². The van der Waals surface area contributed by atoms with E-state index in [9.17, 15) is 4.39 Å². The zero-order chi connectivity index (χ0) is 17.2. The van der Waals surface area contributed by atoms with Gasteiger partial charge in [0.2, 0.25) is 0 Å². The van der Waals surface area contributed by atoms with Crippen LogP contribution in [0.4, 0.5) is 4.39 Å². The Balaban J connectivity index is 1.61. The number of rotatable bonds is 7. The third-order valence-electron chi connectivity index (χ3n) is 6.37. The predicted octanol–water partition coefficient (Wildman–Crippen LogP) is 7.11. The van der Waals surface area contributed by atoms with Crippen LogP contribution in [-0.4, -0.2) is 0 Å². The van der Waals surface area contributed by atoms with Gasteiger partial charge in [-0.25, -0.2) is 0 Å². The number of nitriles is 1. The van der Waals surface area contributed by atoms with Gasteiger partial charge in [-0.1, -0.05) is 57.6 Å². The van der Waals surface area contributed by atoms with Crippen molar-refractivity contribution in [3.8, 4) is 6.07 Å². The summed E-state index contributed by atoms with van der Waals surface area (Å²) in [6.07, 6.45) is 21.5. The van der Waals surface area contributed by atoms with Gasteiger partial charge in [-0.15, -0.1) is 0 Å². The first-order valence-corrected chi connectivity index (χ1v) is 10.1. The Labute approximate surface area is 148 Å². The number of hydrogen-bond acceptors (Lipinski definition) is 1. The largest absolute Gasteiger partial charge is 0.199 e. The first-order chi connectivity index (χ1) is 11.7. The van der Waals surface area contributed by atoms with Crippen molar-refractivity contribution < 1.29 is 4.39 Å². The Morgan fingerprint density at radius 3 is 2.00 bits per heavy atom. The molecule has 2 aliphatic rings. The Hall–Kier alpha value is -1.10. The minimum absolute atomic E-state index is 0.708. The average molecular weight is 332 g/mol. The van der Waals surface area contributed by atoms with Gasteiger partial charge >= 0.3 is 0 Å². The highest BCUT2D eigenvalue weighted by molar-refractivity contribution is 5.18. The summed E-state index contributed by atoms with van der Waals surface area (Å²) in [4.78, 5) is 0. The molecule has 0 spiro atoms. The van der Waals surface area contributed by atoms with Gasteiger partial charge in [0.25, 0.3) is 0 Å². The summed E-state index contributed by atoms with van der Waals surface area (Å²) in [7, 11) is 0. The van der Waals surface area contributed by atoms with Crippen molar-refractivity contribution in [2.24, 2.45) is 23.7 Å². The standard InChI is InChI=1S/C22H34FN/c1-2-6-18-9-13-20(14-10-18)21-15-11-19(12-16-21)7-4-3-5-8-22(23)17-24/h3,5,8,18-21H,2,4,6-7,9-16H2,1H3/b5-3+,22-8-/t18-,19?,20-,21?. The van der Waals surface area contributed by atoms with E-state index in [4.69, 9.17) is 5.26 Å². The van der Waals surface area contributed by atoms with E-state index in [1.807, 2.05) is 6.08 Å². The van der Waals surface area contributed by atoms with Gasteiger partial charge in [0.15, 0.2) is 5.83 Å². The van der Waals surface area contributed by atoms with E-state index in [0.29, 0.717) is 0 Å². The first kappa shape index (κ1) is 19.2. The minimum Gasteiger partial charge on any atom is -0.195 e. The number of nitrogens with zero attached hydrogens (tertiary/aromatic N) is 1. The van der Waals surface area contributed by atoms with Crippen molar-refractivity contribution in [1.29, 1.82) is 5.26 Å². The molecule has 0 radical (unpaired) electrons. The smallest absolute Gasteiger partial charge is 0.195 e. The normalized spacial score (nSPS) is 32.0. The fraction of sp³-hybridized carbons (Fsp3) is 0.773. The SMILES string of the molecule is CCC[C@H]1CC[C@H](C2CCC(CC/C=C/C=C(\F)C#N)CC2)CC1. The van der Waals surface area contributed by atoms with Crippen LogP contribution in [0, 0.1) is 35.0 Å². The fourth-order valence-corrected chi connectivity index (χ4v) is 4.92. The van der Waals surface area contributed by atoms with Crippen LogP contribution in [-0.2, 0) is 0 Å². The lowest BCUT2D eigenvalue weighted by molar-refractivity contribution is 0.141. The van der Waals surface area contributed by atoms with Gasteiger partial charge in [0.05, 0.1) is 0 Å². The molecule has 134 valence electrons. The Morgan fingerprint density at radius 1 is 0.958 bits per heavy atom. The van der Waals surface area contributed by atoms with Crippen LogP contribution in [0.5, 0.6) is 0 Å². The zero-order valence-corrected chi connectivity index (χ0v) is 15.4. The van der Waals surface area contributed by atoms with Crippen molar-refractivity contribution in [3.63, 3.8) is 0 Å². The van der Waals surface area contributed by atoms with E-state index < -0.39 is 5.83 Å². The monoisotopic (exact) mass is 331 g/mol. The topological polar surface area (TPSA) is 23.8 Å². The Bertz CT molecular complexity index is 443. The molecule has 0 aromatic rings. The molecule has 1 nitrogen and oxygen atoms in total. The highest BCUT2D eigenvalue weighted by atomic mass is 19.1. The number of halogens is 1. The van der Waals surface area contributed by atoms with Gasteiger partial charge in [0, 0.05) is 0 Å². The second-order valence-corrected chi connectivity index (χ2v) is 7.98. The second kappa shape index (κ2) is 10.7. The molecule has 0 amide bonds. The number of allylic oxidation sites excluding steroid dienone is 4. The van der Waals surface area contributed by atoms with Gasteiger partial charge < -0.3 is 0 Å². The molecule has 0 atom stereocenters. The average Bonchev–Trinajstić information content (AvgIpc) is 2.63. The summed E-state index contributed by atoms with van der Waals surface area (Å²) < 4.78 is 12.6. The lowest BCUT2D eigenvalue weighted by Crippen LogP contribution is -2.25. The molecule has 24 heavy (non-hydrogen) atoms. The van der Waals surface area contributed by atoms with Crippen LogP contribution < -0.4 is 0 Å². The highest BCUT2D eigenvalue weighted by Crippen LogP contribution is 2.42. The Morgan fingerprint density at radius 2 is 1.50 bits per heavy atom. The number of hydrogen-bond donors (Lipinski definition) is 0. The van der Waals surface area contributed by atoms with Crippen LogP contribution in [0.15, 0.2) is 24.1 Å². The molecule has 0 bridgehead atoms. The summed E-state index contributed by atoms with van der Waals surface area (Å²) >= 11 is 0. The van der Waals surface area contributed by atoms with E-state index in [2.05, 4.69) is 6.92 Å². The van der Waals surface area contributed by atoms with Crippen molar-refractivity contribution in [2.45, 2.75) is 84.0 Å². The van der Waals surface area contributed by atoms with E-state index in [-0.39, 0.29) is 0 Å². The molecular formula is C22H34FN. The van der Waals surface area contributed by atoms with Crippen LogP contribution in [0.1, 0.15) is 84.0 Å². The summed E-state index contributed by atoms with van der Waals surface area (Å²) in [5.41, 5.74) is 0. The van der Waals surface area contributed by atoms with Crippen molar-refractivity contribution in [2.75, 3.05) is 0 Å². The van der Waals surface area contributed by atoms with E-state index in [1.54, 1.807) is 6.08 Å². The van der Waals surface area contributed by atoms with E-state index in [0.717, 1.165) is 30.1 Å². The second-order valence-electron chi connectivity index (χ2n) is 7.98. The van der Waals surface area contributed by atoms with Crippen LogP contribution in [0.3, 0.4) is 0 Å². The maximum absolute atomic E-state index is 12.6. The predicted molar refractivity (Wildman–Crippen MR) is 99.0 cm³/mol. The molecule has 2 aliphatic carbocycles. The molecule has 0 N–H and O–H groups in total. The maximum atomic E-state index is 12.6. The van der Waals surface area contributed by atoms with Gasteiger partial charge in [0.1, 0.15) is 6.07 Å². The molecule has 2 fully saturated rings. The minimum atomic E-state index is -0.708. The molecule has 2 heteroatoms. The molecule has 0 aliphatic heterocycles. The molecular weight excluding hydrogens is 297 g/mol. The molecule has 2 rings (SSSR count). The summed E-state index contributed by atoms with van der Waals surface area (Å²) in [5, 5.41) is 8.34. The highest BCUT2D eigenvalue weighted by Gasteiger charge is 2.30. The van der Waals surface area contributed by atoms with Crippen LogP contribution >= 0.6 is 0 Å². The van der Waals surface area contributed by atoms with E-state index >= 15 is 0 Å². The molecule has 0 unspecified atom stereocenters. The van der Waals surface area contributed by atoms with Gasteiger partial charge in [-0.2, -0.15) is 9.65 Å². The first-order valence-electron chi connectivity index (χ1n) is 10.1. The summed E-state index contributed by atoms with van der Waals surface area (Å²) in [6, 6.07) is 1.49. The van der Waals surface area contributed by atoms with Crippen LogP contribution in [0.2, 0.25) is 0 Å². The fourth-order valence-electron chi connectivity index (χ4n) is 4.92. The third kappa shape index (κ3) is 6.42. The summed E-state index contributed by atoms with van der Waals surface area (Å²) in [6.45, 7) is 2.32. The van der Waals surface area contributed by atoms with Gasteiger partial charge in [-0.3, -0.25) is 0 Å². The molecule has 2 saturated carbocycles. The maximum Gasteiger partial charge on any atom is 0.199 e. The molecule has 0 aromatic carbocycles. The zero-order valence-electron chi connectivity index (χ0n) is 15.4. The lowest BCUT2D eigenvalue weighted by atomic mass is 9.68. The van der Waals surface area contributed by atoms with Gasteiger partial charge in [-0.05, 0) is 68.3 Å². The quantitative estimate of drug-likeness (QED) is 0.360. The Kier molecular flexibility index (Phi) is 8.57. The molecule has 0 saturated heterocycles.